The number of aryl methyl sites for hydroxylation is 1. The van der Waals surface area contributed by atoms with Crippen molar-refractivity contribution in [3.05, 3.63) is 28.2 Å². The summed E-state index contributed by atoms with van der Waals surface area (Å²) in [6.07, 6.45) is 0.545. The molecular weight excluding hydrogens is 330 g/mol. The first-order chi connectivity index (χ1) is 8.74. The highest BCUT2D eigenvalue weighted by molar-refractivity contribution is 9.10. The molecule has 19 heavy (non-hydrogen) atoms. The zero-order valence-corrected chi connectivity index (χ0v) is 13.6. The number of hydrogen-bond acceptors (Lipinski definition) is 3. The van der Waals surface area contributed by atoms with Gasteiger partial charge < -0.3 is 4.74 Å². The van der Waals surface area contributed by atoms with E-state index in [4.69, 9.17) is 4.74 Å². The number of hydrogen-bond donors (Lipinski definition) is 1. The topological polar surface area (TPSA) is 55.4 Å². The van der Waals surface area contributed by atoms with Crippen molar-refractivity contribution >= 4 is 26.0 Å². The summed E-state index contributed by atoms with van der Waals surface area (Å²) in [6, 6.07) is 5.20. The van der Waals surface area contributed by atoms with Crippen molar-refractivity contribution in [2.24, 2.45) is 0 Å². The quantitative estimate of drug-likeness (QED) is 0.914. The second-order valence-corrected chi connectivity index (χ2v) is 7.73. The Balaban J connectivity index is 2.33. The minimum atomic E-state index is -3.56. The molecule has 1 N–H and O–H groups in total. The highest BCUT2D eigenvalue weighted by Gasteiger charge is 2.40. The van der Waals surface area contributed by atoms with Gasteiger partial charge in [-0.15, -0.1) is 0 Å². The molecule has 0 saturated carbocycles. The zero-order chi connectivity index (χ0) is 14.3. The molecule has 1 aliphatic heterocycles. The Hall–Kier alpha value is -0.430. The predicted octanol–water partition coefficient (Wildman–Crippen LogP) is 2.60. The molecule has 1 aromatic rings. The number of halogens is 1. The number of nitrogens with one attached hydrogen (secondary N) is 1. The van der Waals surface area contributed by atoms with Crippen LogP contribution in [0.3, 0.4) is 0 Å². The van der Waals surface area contributed by atoms with E-state index in [-0.39, 0.29) is 11.0 Å². The van der Waals surface area contributed by atoms with Gasteiger partial charge in [-0.1, -0.05) is 6.07 Å². The summed E-state index contributed by atoms with van der Waals surface area (Å²) in [5.74, 6) is 0. The molecule has 6 heteroatoms. The van der Waals surface area contributed by atoms with E-state index in [9.17, 15) is 8.42 Å². The van der Waals surface area contributed by atoms with Crippen LogP contribution in [0.4, 0.5) is 0 Å². The van der Waals surface area contributed by atoms with Crippen LogP contribution >= 0.6 is 15.9 Å². The molecular formula is C13H18BrNO3S. The minimum absolute atomic E-state index is 0.133. The molecule has 0 amide bonds. The second-order valence-electron chi connectivity index (χ2n) is 5.22. The van der Waals surface area contributed by atoms with Gasteiger partial charge in [-0.3, -0.25) is 0 Å². The Kier molecular flexibility index (Phi) is 4.07. The molecule has 2 atom stereocenters. The van der Waals surface area contributed by atoms with Crippen LogP contribution in [0.2, 0.25) is 0 Å². The van der Waals surface area contributed by atoms with Crippen molar-refractivity contribution in [2.45, 2.75) is 43.7 Å². The van der Waals surface area contributed by atoms with E-state index in [1.165, 1.54) is 0 Å². The molecule has 0 spiro atoms. The van der Waals surface area contributed by atoms with Gasteiger partial charge in [-0.25, -0.2) is 13.1 Å². The Morgan fingerprint density at radius 3 is 2.68 bits per heavy atom. The van der Waals surface area contributed by atoms with Crippen molar-refractivity contribution in [1.29, 1.82) is 0 Å². The lowest BCUT2D eigenvalue weighted by Gasteiger charge is -2.28. The van der Waals surface area contributed by atoms with Crippen LogP contribution in [0, 0.1) is 6.92 Å². The van der Waals surface area contributed by atoms with Gasteiger partial charge in [0, 0.05) is 11.1 Å². The van der Waals surface area contributed by atoms with E-state index in [0.717, 1.165) is 5.56 Å². The maximum absolute atomic E-state index is 12.5. The Labute approximate surface area is 122 Å². The molecule has 2 unspecified atom stereocenters. The van der Waals surface area contributed by atoms with Crippen LogP contribution in [0.5, 0.6) is 0 Å². The zero-order valence-electron chi connectivity index (χ0n) is 11.2. The highest BCUT2D eigenvalue weighted by atomic mass is 79.9. The lowest BCUT2D eigenvalue weighted by molar-refractivity contribution is 0.0957. The number of ether oxygens (including phenoxy) is 1. The van der Waals surface area contributed by atoms with E-state index in [0.29, 0.717) is 17.5 Å². The first-order valence-electron chi connectivity index (χ1n) is 6.16. The summed E-state index contributed by atoms with van der Waals surface area (Å²) < 4.78 is 33.8. The lowest BCUT2D eigenvalue weighted by Crippen LogP contribution is -2.50. The van der Waals surface area contributed by atoms with E-state index >= 15 is 0 Å². The molecule has 2 rings (SSSR count). The lowest BCUT2D eigenvalue weighted by atomic mass is 9.97. The van der Waals surface area contributed by atoms with E-state index < -0.39 is 15.6 Å². The molecule has 1 heterocycles. The third-order valence-corrected chi connectivity index (χ3v) is 6.22. The summed E-state index contributed by atoms with van der Waals surface area (Å²) >= 11 is 3.31. The highest BCUT2D eigenvalue weighted by Crippen LogP contribution is 2.29. The molecule has 1 saturated heterocycles. The summed E-state index contributed by atoms with van der Waals surface area (Å²) in [5.41, 5.74) is 0.456. The van der Waals surface area contributed by atoms with Gasteiger partial charge in [0.2, 0.25) is 10.0 Å². The molecule has 1 fully saturated rings. The van der Waals surface area contributed by atoms with E-state index in [2.05, 4.69) is 20.7 Å². The number of sulfonamides is 1. The third kappa shape index (κ3) is 3.02. The normalized spacial score (nSPS) is 27.7. The first-order valence-corrected chi connectivity index (χ1v) is 8.44. The molecule has 4 nitrogen and oxygen atoms in total. The van der Waals surface area contributed by atoms with Gasteiger partial charge in [0.25, 0.3) is 0 Å². The number of benzene rings is 1. The van der Waals surface area contributed by atoms with Gasteiger partial charge in [0.1, 0.15) is 0 Å². The van der Waals surface area contributed by atoms with Crippen molar-refractivity contribution in [1.82, 2.24) is 4.72 Å². The van der Waals surface area contributed by atoms with Crippen molar-refractivity contribution in [3.63, 3.8) is 0 Å². The van der Waals surface area contributed by atoms with Crippen LogP contribution in [0.25, 0.3) is 0 Å². The van der Waals surface area contributed by atoms with Crippen molar-refractivity contribution in [2.75, 3.05) is 6.61 Å². The Morgan fingerprint density at radius 1 is 1.47 bits per heavy atom. The molecule has 0 aliphatic carbocycles. The summed E-state index contributed by atoms with van der Waals surface area (Å²) in [7, 11) is -3.56. The fourth-order valence-electron chi connectivity index (χ4n) is 2.15. The third-order valence-electron chi connectivity index (χ3n) is 3.63. The molecule has 0 aromatic heterocycles. The molecule has 106 valence electrons. The molecule has 1 aromatic carbocycles. The smallest absolute Gasteiger partial charge is 0.242 e. The van der Waals surface area contributed by atoms with Gasteiger partial charge in [0.05, 0.1) is 16.5 Å². The van der Waals surface area contributed by atoms with Gasteiger partial charge in [-0.05, 0) is 60.8 Å². The molecule has 0 bridgehead atoms. The summed E-state index contributed by atoms with van der Waals surface area (Å²) in [5, 5.41) is 0. The fourth-order valence-corrected chi connectivity index (χ4v) is 4.84. The maximum Gasteiger partial charge on any atom is 0.242 e. The first kappa shape index (κ1) is 15.0. The van der Waals surface area contributed by atoms with E-state index in [1.54, 1.807) is 18.2 Å². The van der Waals surface area contributed by atoms with Crippen LogP contribution < -0.4 is 4.72 Å². The van der Waals surface area contributed by atoms with Crippen LogP contribution in [0.15, 0.2) is 27.6 Å². The average Bonchev–Trinajstić information content (AvgIpc) is 2.57. The summed E-state index contributed by atoms with van der Waals surface area (Å²) in [4.78, 5) is 0.262. The van der Waals surface area contributed by atoms with Gasteiger partial charge >= 0.3 is 0 Å². The van der Waals surface area contributed by atoms with Gasteiger partial charge in [-0.2, -0.15) is 0 Å². The average molecular weight is 348 g/mol. The Morgan fingerprint density at radius 2 is 2.16 bits per heavy atom. The van der Waals surface area contributed by atoms with Crippen molar-refractivity contribution in [3.8, 4) is 0 Å². The molecule has 1 aliphatic rings. The fraction of sp³-hybridized carbons (Fsp3) is 0.538. The monoisotopic (exact) mass is 347 g/mol. The minimum Gasteiger partial charge on any atom is -0.376 e. The Bertz CT molecular complexity index is 588. The standard InChI is InChI=1S/C13H18BrNO3S/c1-9-4-5-12(11(14)8-9)19(16,17)15-13(3)6-7-18-10(13)2/h4-5,8,10,15H,6-7H2,1-3H3. The van der Waals surface area contributed by atoms with Gasteiger partial charge in [0.15, 0.2) is 0 Å². The SMILES string of the molecule is Cc1ccc(S(=O)(=O)NC2(C)CCOC2C)c(Br)c1. The molecule has 0 radical (unpaired) electrons. The summed E-state index contributed by atoms with van der Waals surface area (Å²) in [6.45, 7) is 6.27. The van der Waals surface area contributed by atoms with E-state index in [1.807, 2.05) is 20.8 Å². The second kappa shape index (κ2) is 5.16. The maximum atomic E-state index is 12.5. The number of rotatable bonds is 3. The largest absolute Gasteiger partial charge is 0.376 e. The predicted molar refractivity (Wildman–Crippen MR) is 77.6 cm³/mol. The van der Waals surface area contributed by atoms with Crippen LogP contribution in [-0.4, -0.2) is 26.7 Å². The van der Waals surface area contributed by atoms with Crippen LogP contribution in [0.1, 0.15) is 25.8 Å². The van der Waals surface area contributed by atoms with Crippen molar-refractivity contribution < 1.29 is 13.2 Å². The van der Waals surface area contributed by atoms with Crippen LogP contribution in [-0.2, 0) is 14.8 Å².